The van der Waals surface area contributed by atoms with Gasteiger partial charge in [0.2, 0.25) is 16.9 Å². The molecule has 2 aromatic heterocycles. The fraction of sp³-hybridized carbons (Fsp3) is 0.182. The first-order valence-electron chi connectivity index (χ1n) is 9.96. The molecule has 0 radical (unpaired) electrons. The highest BCUT2D eigenvalue weighted by atomic mass is 32.2. The first-order chi connectivity index (χ1) is 16.0. The predicted octanol–water partition coefficient (Wildman–Crippen LogP) is 3.11. The largest absolute Gasteiger partial charge is 0.493 e. The van der Waals surface area contributed by atoms with Crippen LogP contribution in [-0.4, -0.2) is 51.0 Å². The lowest BCUT2D eigenvalue weighted by Crippen LogP contribution is -2.16. The minimum Gasteiger partial charge on any atom is -0.493 e. The summed E-state index contributed by atoms with van der Waals surface area (Å²) in [4.78, 5) is 12.4. The maximum atomic E-state index is 12.4. The zero-order chi connectivity index (χ0) is 23.4. The molecule has 0 aliphatic rings. The fourth-order valence-electron chi connectivity index (χ4n) is 3.11. The van der Waals surface area contributed by atoms with Crippen LogP contribution >= 0.6 is 11.8 Å². The summed E-state index contributed by atoms with van der Waals surface area (Å²) in [6.07, 6.45) is 0. The molecule has 11 heteroatoms. The number of hydrogen-bond acceptors (Lipinski definition) is 8. The zero-order valence-electron chi connectivity index (χ0n) is 18.3. The van der Waals surface area contributed by atoms with Crippen LogP contribution in [0.25, 0.3) is 22.8 Å². The number of ether oxygens (including phenoxy) is 2. The van der Waals surface area contributed by atoms with Gasteiger partial charge in [0.1, 0.15) is 5.69 Å². The number of hydrogen-bond donors (Lipinski definition) is 3. The second-order valence-corrected chi connectivity index (χ2v) is 8.06. The first-order valence-corrected chi connectivity index (χ1v) is 10.9. The molecular formula is C22H23N7O3S. The average Bonchev–Trinajstić information content (AvgIpc) is 3.45. The number of H-pyrrole nitrogens is 1. The van der Waals surface area contributed by atoms with E-state index in [1.54, 1.807) is 25.3 Å². The normalized spacial score (nSPS) is 10.8. The summed E-state index contributed by atoms with van der Waals surface area (Å²) in [7, 11) is 3.09. The molecule has 2 heterocycles. The van der Waals surface area contributed by atoms with Gasteiger partial charge in [-0.25, -0.2) is 4.68 Å². The van der Waals surface area contributed by atoms with E-state index in [4.69, 9.17) is 15.3 Å². The van der Waals surface area contributed by atoms with Crippen LogP contribution in [0, 0.1) is 6.92 Å². The number of carbonyl (C=O) groups excluding carboxylic acids is 1. The number of nitrogen functional groups attached to an aromatic ring is 1. The van der Waals surface area contributed by atoms with Crippen LogP contribution in [-0.2, 0) is 4.79 Å². The molecule has 0 spiro atoms. The molecular weight excluding hydrogens is 442 g/mol. The number of benzene rings is 2. The Morgan fingerprint density at radius 3 is 2.58 bits per heavy atom. The van der Waals surface area contributed by atoms with Crippen molar-refractivity contribution in [2.45, 2.75) is 12.1 Å². The van der Waals surface area contributed by atoms with Gasteiger partial charge in [-0.2, -0.15) is 5.10 Å². The summed E-state index contributed by atoms with van der Waals surface area (Å²) in [6, 6.07) is 15.1. The second kappa shape index (κ2) is 9.65. The van der Waals surface area contributed by atoms with Crippen LogP contribution in [0.1, 0.15) is 5.56 Å². The molecule has 0 atom stereocenters. The number of amides is 1. The van der Waals surface area contributed by atoms with Crippen LogP contribution in [0.4, 0.5) is 5.69 Å². The van der Waals surface area contributed by atoms with Crippen molar-refractivity contribution in [2.75, 3.05) is 31.1 Å². The van der Waals surface area contributed by atoms with Gasteiger partial charge in [-0.05, 0) is 25.1 Å². The van der Waals surface area contributed by atoms with Crippen molar-refractivity contribution in [3.05, 3.63) is 54.1 Å². The maximum Gasteiger partial charge on any atom is 0.234 e. The van der Waals surface area contributed by atoms with Crippen molar-refractivity contribution < 1.29 is 14.3 Å². The highest BCUT2D eigenvalue weighted by Gasteiger charge is 2.17. The molecule has 0 saturated carbocycles. The highest BCUT2D eigenvalue weighted by molar-refractivity contribution is 7.99. The SMILES string of the molecule is COc1ccc(NC(=O)CSc2nnc(-c3cc(-c4ccc(C)cc4)n[nH]3)n2N)cc1OC. The highest BCUT2D eigenvalue weighted by Crippen LogP contribution is 2.30. The van der Waals surface area contributed by atoms with E-state index in [9.17, 15) is 4.79 Å². The summed E-state index contributed by atoms with van der Waals surface area (Å²) in [5, 5.41) is 18.7. The number of aromatic nitrogens is 5. The molecule has 33 heavy (non-hydrogen) atoms. The quantitative estimate of drug-likeness (QED) is 0.267. The Balaban J connectivity index is 1.40. The molecule has 0 fully saturated rings. The lowest BCUT2D eigenvalue weighted by molar-refractivity contribution is -0.113. The standard InChI is InChI=1S/C22H23N7O3S/c1-13-4-6-14(7-5-13)16-11-17(26-25-16)21-27-28-22(29(21)23)33-12-20(30)24-15-8-9-18(31-2)19(10-15)32-3/h4-11H,12,23H2,1-3H3,(H,24,30)(H,25,26). The minimum absolute atomic E-state index is 0.0985. The number of nitrogens with one attached hydrogen (secondary N) is 2. The van der Waals surface area contributed by atoms with E-state index in [-0.39, 0.29) is 11.7 Å². The van der Waals surface area contributed by atoms with Crippen LogP contribution < -0.4 is 20.6 Å². The van der Waals surface area contributed by atoms with Crippen LogP contribution in [0.3, 0.4) is 0 Å². The lowest BCUT2D eigenvalue weighted by Gasteiger charge is -2.10. The Labute approximate surface area is 194 Å². The number of nitrogens with two attached hydrogens (primary N) is 1. The molecule has 0 bridgehead atoms. The van der Waals surface area contributed by atoms with E-state index in [1.807, 2.05) is 37.3 Å². The number of carbonyl (C=O) groups is 1. The van der Waals surface area contributed by atoms with Gasteiger partial charge in [-0.3, -0.25) is 9.89 Å². The van der Waals surface area contributed by atoms with Crippen LogP contribution in [0.2, 0.25) is 0 Å². The number of thioether (sulfide) groups is 1. The summed E-state index contributed by atoms with van der Waals surface area (Å²) in [5.74, 6) is 7.58. The smallest absolute Gasteiger partial charge is 0.234 e. The molecule has 1 amide bonds. The van der Waals surface area contributed by atoms with Gasteiger partial charge in [0.05, 0.1) is 25.7 Å². The Kier molecular flexibility index (Phi) is 6.50. The number of anilines is 1. The molecule has 4 aromatic rings. The van der Waals surface area contributed by atoms with Gasteiger partial charge in [-0.15, -0.1) is 10.2 Å². The molecule has 10 nitrogen and oxygen atoms in total. The van der Waals surface area contributed by atoms with E-state index in [2.05, 4.69) is 25.7 Å². The van der Waals surface area contributed by atoms with Crippen molar-refractivity contribution in [3.8, 4) is 34.3 Å². The van der Waals surface area contributed by atoms with E-state index in [1.165, 1.54) is 29.1 Å². The Hall–Kier alpha value is -3.99. The summed E-state index contributed by atoms with van der Waals surface area (Å²) < 4.78 is 11.8. The molecule has 2 aromatic carbocycles. The van der Waals surface area contributed by atoms with Crippen molar-refractivity contribution >= 4 is 23.4 Å². The lowest BCUT2D eigenvalue weighted by atomic mass is 10.1. The minimum atomic E-state index is -0.222. The van der Waals surface area contributed by atoms with Crippen LogP contribution in [0.5, 0.6) is 11.5 Å². The number of rotatable bonds is 8. The molecule has 0 aliphatic heterocycles. The predicted molar refractivity (Wildman–Crippen MR) is 127 cm³/mol. The van der Waals surface area contributed by atoms with Crippen LogP contribution in [0.15, 0.2) is 53.7 Å². The second-order valence-electron chi connectivity index (χ2n) is 7.12. The summed E-state index contributed by atoms with van der Waals surface area (Å²) >= 11 is 1.17. The van der Waals surface area contributed by atoms with Gasteiger partial charge in [0, 0.05) is 17.3 Å². The third-order valence-corrected chi connectivity index (χ3v) is 5.77. The molecule has 0 unspecified atom stereocenters. The first kappa shape index (κ1) is 22.2. The number of nitrogens with zero attached hydrogens (tertiary/aromatic N) is 4. The van der Waals surface area contributed by atoms with Gasteiger partial charge < -0.3 is 20.6 Å². The third kappa shape index (κ3) is 4.93. The Morgan fingerprint density at radius 1 is 1.09 bits per heavy atom. The summed E-state index contributed by atoms with van der Waals surface area (Å²) in [6.45, 7) is 2.03. The number of methoxy groups -OCH3 is 2. The van der Waals surface area contributed by atoms with E-state index in [0.29, 0.717) is 33.9 Å². The molecule has 170 valence electrons. The fourth-order valence-corrected chi connectivity index (χ4v) is 3.77. The van der Waals surface area contributed by atoms with Crippen molar-refractivity contribution in [1.29, 1.82) is 0 Å². The Bertz CT molecular complexity index is 1270. The Morgan fingerprint density at radius 2 is 1.85 bits per heavy atom. The summed E-state index contributed by atoms with van der Waals surface area (Å²) in [5.41, 5.74) is 4.15. The zero-order valence-corrected chi connectivity index (χ0v) is 19.1. The molecule has 4 rings (SSSR count). The van der Waals surface area contributed by atoms with Gasteiger partial charge in [0.25, 0.3) is 0 Å². The van der Waals surface area contributed by atoms with Crippen molar-refractivity contribution in [1.82, 2.24) is 25.1 Å². The van der Waals surface area contributed by atoms with Gasteiger partial charge >= 0.3 is 0 Å². The van der Waals surface area contributed by atoms with E-state index >= 15 is 0 Å². The van der Waals surface area contributed by atoms with Crippen molar-refractivity contribution in [2.24, 2.45) is 0 Å². The number of aryl methyl sites for hydroxylation is 1. The topological polar surface area (TPSA) is 133 Å². The monoisotopic (exact) mass is 465 g/mol. The van der Waals surface area contributed by atoms with E-state index < -0.39 is 0 Å². The third-order valence-electron chi connectivity index (χ3n) is 4.83. The molecule has 4 N–H and O–H groups in total. The van der Waals surface area contributed by atoms with Gasteiger partial charge in [-0.1, -0.05) is 41.6 Å². The van der Waals surface area contributed by atoms with Gasteiger partial charge in [0.15, 0.2) is 11.5 Å². The maximum absolute atomic E-state index is 12.4. The molecule has 0 saturated heterocycles. The average molecular weight is 466 g/mol. The van der Waals surface area contributed by atoms with E-state index in [0.717, 1.165) is 11.3 Å². The number of aromatic amines is 1. The molecule has 0 aliphatic carbocycles. The van der Waals surface area contributed by atoms with Crippen molar-refractivity contribution in [3.63, 3.8) is 0 Å².